The zero-order valence-electron chi connectivity index (χ0n) is 28.7. The zero-order chi connectivity index (χ0) is 34.1. The highest BCUT2D eigenvalue weighted by molar-refractivity contribution is 6.33. The molecule has 1 heteroatoms. The van der Waals surface area contributed by atoms with Crippen LogP contribution in [0.25, 0.3) is 60.5 Å². The molecular weight excluding hydrogens is 615 g/mol. The standard InChI is InChI=1S/C50H37N/c1-34-23-28-47-46(21-12-22-48(47)51-50(38-17-6-3-7-18-38)49(34)37-15-4-2-5-16-37)45-32-43(41-26-24-35-13-8-10-19-39(35)29-41)31-44(33-45)42-27-25-36-14-9-11-20-40(36)30-42/h2-22,24-27,29-33H,23,28H2,1H3/b49-34+,51-50-. The summed E-state index contributed by atoms with van der Waals surface area (Å²) in [6.45, 7) is 2.28. The van der Waals surface area contributed by atoms with Crippen LogP contribution in [0, 0.1) is 0 Å². The molecule has 0 radical (unpaired) electrons. The number of aliphatic imine (C=N–C) groups is 1. The monoisotopic (exact) mass is 651 g/mol. The van der Waals surface area contributed by atoms with Crippen LogP contribution < -0.4 is 0 Å². The molecule has 242 valence electrons. The Bertz CT molecular complexity index is 2530. The van der Waals surface area contributed by atoms with Crippen molar-refractivity contribution in [1.29, 1.82) is 0 Å². The SMILES string of the molecule is C/C1=C(c2ccccc2)\C(c2ccccc2)=N/c2cccc(-c3cc(-c4ccc5ccccc5c4)cc(-c4ccc5ccccc5c4)c3)c2CC1. The van der Waals surface area contributed by atoms with Gasteiger partial charge in [0, 0.05) is 11.1 Å². The molecule has 0 aliphatic carbocycles. The van der Waals surface area contributed by atoms with Crippen LogP contribution in [0.2, 0.25) is 0 Å². The van der Waals surface area contributed by atoms with E-state index in [1.165, 1.54) is 77.2 Å². The van der Waals surface area contributed by atoms with Gasteiger partial charge in [-0.05, 0) is 122 Å². The molecule has 1 nitrogen and oxygen atoms in total. The van der Waals surface area contributed by atoms with E-state index in [9.17, 15) is 0 Å². The lowest BCUT2D eigenvalue weighted by Crippen LogP contribution is -2.10. The van der Waals surface area contributed by atoms with Gasteiger partial charge in [-0.3, -0.25) is 0 Å². The van der Waals surface area contributed by atoms with E-state index in [-0.39, 0.29) is 0 Å². The molecule has 0 spiro atoms. The van der Waals surface area contributed by atoms with E-state index in [0.717, 1.165) is 29.8 Å². The zero-order valence-corrected chi connectivity index (χ0v) is 28.7. The Morgan fingerprint density at radius 2 is 0.902 bits per heavy atom. The maximum atomic E-state index is 5.55. The van der Waals surface area contributed by atoms with Gasteiger partial charge < -0.3 is 0 Å². The molecular formula is C50H37N. The number of nitrogens with zero attached hydrogens (tertiary/aromatic N) is 1. The molecule has 0 unspecified atom stereocenters. The summed E-state index contributed by atoms with van der Waals surface area (Å²) in [4.78, 5) is 5.55. The van der Waals surface area contributed by atoms with E-state index < -0.39 is 0 Å². The van der Waals surface area contributed by atoms with Gasteiger partial charge in [0.25, 0.3) is 0 Å². The van der Waals surface area contributed by atoms with Crippen LogP contribution in [-0.4, -0.2) is 5.71 Å². The first-order chi connectivity index (χ1) is 25.2. The van der Waals surface area contributed by atoms with Crippen molar-refractivity contribution < 1.29 is 0 Å². The highest BCUT2D eigenvalue weighted by Gasteiger charge is 2.21. The number of allylic oxidation sites excluding steroid dienone is 2. The van der Waals surface area contributed by atoms with E-state index in [1.807, 2.05) is 0 Å². The van der Waals surface area contributed by atoms with Crippen molar-refractivity contribution in [2.75, 3.05) is 0 Å². The maximum Gasteiger partial charge on any atom is 0.0787 e. The van der Waals surface area contributed by atoms with Crippen LogP contribution in [0.1, 0.15) is 30.0 Å². The Labute approximate surface area is 299 Å². The van der Waals surface area contributed by atoms with Crippen molar-refractivity contribution in [2.24, 2.45) is 4.99 Å². The summed E-state index contributed by atoms with van der Waals surface area (Å²) >= 11 is 0. The first kappa shape index (κ1) is 30.7. The van der Waals surface area contributed by atoms with Gasteiger partial charge >= 0.3 is 0 Å². The number of benzene rings is 8. The van der Waals surface area contributed by atoms with Gasteiger partial charge in [0.05, 0.1) is 11.4 Å². The number of rotatable bonds is 5. The van der Waals surface area contributed by atoms with Gasteiger partial charge in [-0.1, -0.05) is 151 Å². The van der Waals surface area contributed by atoms with Crippen molar-refractivity contribution in [2.45, 2.75) is 19.8 Å². The molecule has 0 N–H and O–H groups in total. The summed E-state index contributed by atoms with van der Waals surface area (Å²) in [5.41, 5.74) is 15.6. The van der Waals surface area contributed by atoms with E-state index in [0.29, 0.717) is 0 Å². The third kappa shape index (κ3) is 5.98. The summed E-state index contributed by atoms with van der Waals surface area (Å²) in [5.74, 6) is 0. The van der Waals surface area contributed by atoms with Crippen LogP contribution >= 0.6 is 0 Å². The van der Waals surface area contributed by atoms with Crippen LogP contribution in [0.15, 0.2) is 193 Å². The van der Waals surface area contributed by atoms with Crippen molar-refractivity contribution in [1.82, 2.24) is 0 Å². The van der Waals surface area contributed by atoms with Crippen LogP contribution in [-0.2, 0) is 6.42 Å². The first-order valence-corrected chi connectivity index (χ1v) is 17.8. The largest absolute Gasteiger partial charge is 0.247 e. The maximum absolute atomic E-state index is 5.55. The molecule has 0 fully saturated rings. The Kier molecular flexibility index (Phi) is 7.95. The lowest BCUT2D eigenvalue weighted by atomic mass is 9.85. The third-order valence-electron chi connectivity index (χ3n) is 10.3. The van der Waals surface area contributed by atoms with Crippen LogP contribution in [0.5, 0.6) is 0 Å². The minimum Gasteiger partial charge on any atom is -0.247 e. The van der Waals surface area contributed by atoms with Gasteiger partial charge in [-0.25, -0.2) is 4.99 Å². The summed E-state index contributed by atoms with van der Waals surface area (Å²) in [6, 6.07) is 66.1. The third-order valence-corrected chi connectivity index (χ3v) is 10.3. The fourth-order valence-corrected chi connectivity index (χ4v) is 7.68. The molecule has 8 aromatic carbocycles. The van der Waals surface area contributed by atoms with Crippen LogP contribution in [0.3, 0.4) is 0 Å². The fourth-order valence-electron chi connectivity index (χ4n) is 7.68. The van der Waals surface area contributed by atoms with Crippen molar-refractivity contribution >= 4 is 38.5 Å². The Balaban J connectivity index is 1.25. The number of fused-ring (bicyclic) bond motifs is 3. The molecule has 1 aliphatic heterocycles. The molecule has 51 heavy (non-hydrogen) atoms. The normalized spacial score (nSPS) is 15.5. The molecule has 0 saturated carbocycles. The minimum absolute atomic E-state index is 0.907. The molecule has 0 bridgehead atoms. The van der Waals surface area contributed by atoms with Gasteiger partial charge in [-0.2, -0.15) is 0 Å². The van der Waals surface area contributed by atoms with E-state index in [2.05, 4.69) is 189 Å². The molecule has 0 amide bonds. The quantitative estimate of drug-likeness (QED) is 0.176. The predicted molar refractivity (Wildman–Crippen MR) is 218 cm³/mol. The average Bonchev–Trinajstić information content (AvgIpc) is 3.19. The lowest BCUT2D eigenvalue weighted by molar-refractivity contribution is 0.943. The minimum atomic E-state index is 0.907. The van der Waals surface area contributed by atoms with Crippen LogP contribution in [0.4, 0.5) is 5.69 Å². The summed E-state index contributed by atoms with van der Waals surface area (Å²) in [6.07, 6.45) is 1.85. The van der Waals surface area contributed by atoms with E-state index >= 15 is 0 Å². The molecule has 0 atom stereocenters. The number of hydrogen-bond donors (Lipinski definition) is 0. The van der Waals surface area contributed by atoms with Crippen molar-refractivity contribution in [3.63, 3.8) is 0 Å². The van der Waals surface area contributed by atoms with E-state index in [1.54, 1.807) is 0 Å². The summed E-state index contributed by atoms with van der Waals surface area (Å²) in [5, 5.41) is 5.00. The topological polar surface area (TPSA) is 12.4 Å². The van der Waals surface area contributed by atoms with E-state index in [4.69, 9.17) is 4.99 Å². The summed E-state index contributed by atoms with van der Waals surface area (Å²) < 4.78 is 0. The lowest BCUT2D eigenvalue weighted by Gasteiger charge is -2.22. The smallest absolute Gasteiger partial charge is 0.0787 e. The molecule has 8 aromatic rings. The second kappa shape index (κ2) is 13.2. The van der Waals surface area contributed by atoms with Gasteiger partial charge in [0.2, 0.25) is 0 Å². The molecule has 0 saturated heterocycles. The molecule has 1 aliphatic rings. The number of hydrogen-bond acceptors (Lipinski definition) is 1. The highest BCUT2D eigenvalue weighted by atomic mass is 14.8. The summed E-state index contributed by atoms with van der Waals surface area (Å²) in [7, 11) is 0. The molecule has 1 heterocycles. The predicted octanol–water partition coefficient (Wildman–Crippen LogP) is 13.5. The Morgan fingerprint density at radius 1 is 0.373 bits per heavy atom. The first-order valence-electron chi connectivity index (χ1n) is 17.8. The van der Waals surface area contributed by atoms with Gasteiger partial charge in [0.15, 0.2) is 0 Å². The Hall–Kier alpha value is -6.31. The van der Waals surface area contributed by atoms with Gasteiger partial charge in [-0.15, -0.1) is 0 Å². The average molecular weight is 652 g/mol. The molecule has 9 rings (SSSR count). The Morgan fingerprint density at radius 3 is 1.51 bits per heavy atom. The molecule has 0 aromatic heterocycles. The van der Waals surface area contributed by atoms with Crippen molar-refractivity contribution in [3.05, 3.63) is 204 Å². The van der Waals surface area contributed by atoms with Gasteiger partial charge in [0.1, 0.15) is 0 Å². The van der Waals surface area contributed by atoms with Crippen molar-refractivity contribution in [3.8, 4) is 33.4 Å². The fraction of sp³-hybridized carbons (Fsp3) is 0.0600. The second-order valence-corrected chi connectivity index (χ2v) is 13.6. The second-order valence-electron chi connectivity index (χ2n) is 13.6. The highest BCUT2D eigenvalue weighted by Crippen LogP contribution is 2.41.